The first-order valence-corrected chi connectivity index (χ1v) is 7.83. The Morgan fingerprint density at radius 3 is 2.60 bits per heavy atom. The van der Waals surface area contributed by atoms with Gasteiger partial charge in [-0.1, -0.05) is 39.2 Å². The van der Waals surface area contributed by atoms with Gasteiger partial charge in [-0.25, -0.2) is 4.79 Å². The van der Waals surface area contributed by atoms with E-state index in [1.165, 1.54) is 18.9 Å². The zero-order valence-corrected chi connectivity index (χ0v) is 13.3. The van der Waals surface area contributed by atoms with Gasteiger partial charge in [-0.15, -0.1) is 0 Å². The minimum Gasteiger partial charge on any atom is -0.461 e. The summed E-state index contributed by atoms with van der Waals surface area (Å²) < 4.78 is 5.09. The summed E-state index contributed by atoms with van der Waals surface area (Å²) >= 11 is 0. The summed E-state index contributed by atoms with van der Waals surface area (Å²) in [6, 6.07) is 0. The Bertz CT molecular complexity index is 266. The van der Waals surface area contributed by atoms with Crippen LogP contribution in [0.25, 0.3) is 0 Å². The number of allylic oxidation sites excluding steroid dienone is 1. The fourth-order valence-corrected chi connectivity index (χ4v) is 2.09. The maximum Gasteiger partial charge on any atom is 0.330 e. The molecule has 0 rings (SSSR count). The third kappa shape index (κ3) is 11.0. The summed E-state index contributed by atoms with van der Waals surface area (Å²) in [5, 5.41) is 10.0. The second kappa shape index (κ2) is 13.1. The molecule has 0 heterocycles. The maximum atomic E-state index is 11.2. The second-order valence-corrected chi connectivity index (χ2v) is 5.12. The number of esters is 1. The van der Waals surface area contributed by atoms with Crippen molar-refractivity contribution in [2.24, 2.45) is 0 Å². The summed E-state index contributed by atoms with van der Waals surface area (Å²) in [4.78, 5) is 13.4. The number of nitrogens with zero attached hydrogens (tertiary/aromatic N) is 1. The van der Waals surface area contributed by atoms with Crippen LogP contribution in [0.4, 0.5) is 0 Å². The molecule has 118 valence electrons. The number of carbonyl (C=O) groups excluding carboxylic acids is 1. The maximum absolute atomic E-state index is 11.2. The first-order chi connectivity index (χ1) is 9.63. The monoisotopic (exact) mass is 285 g/mol. The van der Waals surface area contributed by atoms with Gasteiger partial charge in [0.1, 0.15) is 6.61 Å². The van der Waals surface area contributed by atoms with Gasteiger partial charge in [-0.3, -0.25) is 4.90 Å². The van der Waals surface area contributed by atoms with Gasteiger partial charge in [0.05, 0.1) is 6.10 Å². The third-order valence-electron chi connectivity index (χ3n) is 3.10. The molecule has 1 unspecified atom stereocenters. The highest BCUT2D eigenvalue weighted by Crippen LogP contribution is 2.05. The van der Waals surface area contributed by atoms with E-state index in [2.05, 4.69) is 18.7 Å². The van der Waals surface area contributed by atoms with Gasteiger partial charge in [-0.2, -0.15) is 0 Å². The van der Waals surface area contributed by atoms with Crippen molar-refractivity contribution in [1.29, 1.82) is 0 Å². The fourth-order valence-electron chi connectivity index (χ4n) is 2.09. The Labute approximate surface area is 123 Å². The average Bonchev–Trinajstić information content (AvgIpc) is 2.39. The normalized spacial score (nSPS) is 13.1. The highest BCUT2D eigenvalue weighted by atomic mass is 16.5. The molecule has 20 heavy (non-hydrogen) atoms. The lowest BCUT2D eigenvalue weighted by atomic mass is 10.1. The molecule has 0 saturated heterocycles. The van der Waals surface area contributed by atoms with Crippen LogP contribution in [0.3, 0.4) is 0 Å². The zero-order valence-electron chi connectivity index (χ0n) is 13.3. The van der Waals surface area contributed by atoms with Gasteiger partial charge < -0.3 is 9.84 Å². The van der Waals surface area contributed by atoms with E-state index in [-0.39, 0.29) is 12.1 Å². The molecule has 0 aromatic carbocycles. The van der Waals surface area contributed by atoms with Gasteiger partial charge in [0.2, 0.25) is 0 Å². The molecule has 4 nitrogen and oxygen atoms in total. The smallest absolute Gasteiger partial charge is 0.330 e. The van der Waals surface area contributed by atoms with Gasteiger partial charge >= 0.3 is 5.97 Å². The minimum absolute atomic E-state index is 0.278. The lowest BCUT2D eigenvalue weighted by Crippen LogP contribution is -2.35. The van der Waals surface area contributed by atoms with Crippen LogP contribution in [0.5, 0.6) is 0 Å². The van der Waals surface area contributed by atoms with Crippen LogP contribution in [-0.2, 0) is 9.53 Å². The molecular weight excluding hydrogens is 254 g/mol. The van der Waals surface area contributed by atoms with E-state index in [0.717, 1.165) is 25.8 Å². The molecule has 0 aromatic rings. The van der Waals surface area contributed by atoms with Crippen molar-refractivity contribution in [2.75, 3.05) is 26.2 Å². The molecule has 1 atom stereocenters. The number of unbranched alkanes of at least 4 members (excludes halogenated alkanes) is 2. The number of aliphatic hydroxyl groups excluding tert-OH is 1. The van der Waals surface area contributed by atoms with E-state index in [1.54, 1.807) is 13.0 Å². The minimum atomic E-state index is -0.299. The van der Waals surface area contributed by atoms with Crippen molar-refractivity contribution in [2.45, 2.75) is 59.0 Å². The van der Waals surface area contributed by atoms with E-state index in [1.807, 2.05) is 0 Å². The highest BCUT2D eigenvalue weighted by molar-refractivity contribution is 5.81. The van der Waals surface area contributed by atoms with Gasteiger partial charge in [0.15, 0.2) is 0 Å². The first-order valence-electron chi connectivity index (χ1n) is 7.83. The predicted molar refractivity (Wildman–Crippen MR) is 82.7 cm³/mol. The van der Waals surface area contributed by atoms with Gasteiger partial charge in [0.25, 0.3) is 0 Å². The molecule has 1 N–H and O–H groups in total. The molecule has 0 aromatic heterocycles. The fraction of sp³-hybridized carbons (Fsp3) is 0.812. The largest absolute Gasteiger partial charge is 0.461 e. The topological polar surface area (TPSA) is 49.8 Å². The van der Waals surface area contributed by atoms with E-state index in [4.69, 9.17) is 4.74 Å². The molecule has 0 saturated carbocycles. The number of aliphatic hydroxyl groups is 1. The average molecular weight is 285 g/mol. The Balaban J connectivity index is 3.93. The van der Waals surface area contributed by atoms with Crippen molar-refractivity contribution in [3.05, 3.63) is 12.2 Å². The van der Waals surface area contributed by atoms with Crippen molar-refractivity contribution in [1.82, 2.24) is 4.90 Å². The molecule has 0 aliphatic carbocycles. The second-order valence-electron chi connectivity index (χ2n) is 5.12. The lowest BCUT2D eigenvalue weighted by molar-refractivity contribution is -0.138. The van der Waals surface area contributed by atoms with Crippen molar-refractivity contribution < 1.29 is 14.6 Å². The van der Waals surface area contributed by atoms with E-state index < -0.39 is 0 Å². The van der Waals surface area contributed by atoms with Crippen molar-refractivity contribution in [3.63, 3.8) is 0 Å². The highest BCUT2D eigenvalue weighted by Gasteiger charge is 2.11. The van der Waals surface area contributed by atoms with Crippen LogP contribution < -0.4 is 0 Å². The Morgan fingerprint density at radius 1 is 1.25 bits per heavy atom. The predicted octanol–water partition coefficient (Wildman–Crippen LogP) is 2.76. The van der Waals surface area contributed by atoms with Crippen LogP contribution >= 0.6 is 0 Å². The van der Waals surface area contributed by atoms with E-state index in [0.29, 0.717) is 19.7 Å². The summed E-state index contributed by atoms with van der Waals surface area (Å²) in [5.41, 5.74) is 0. The number of carbonyl (C=O) groups is 1. The lowest BCUT2D eigenvalue weighted by Gasteiger charge is -2.24. The molecule has 4 heteroatoms. The summed E-state index contributed by atoms with van der Waals surface area (Å²) in [6.07, 6.45) is 8.12. The number of hydrogen-bond acceptors (Lipinski definition) is 4. The number of ether oxygens (including phenoxy) is 1. The Hall–Kier alpha value is -0.870. The molecular formula is C16H31NO3. The standard InChI is InChI=1S/C16H31NO3/c1-4-7-8-10-15(18)14-17(11-6-3)12-13-20-16(19)9-5-2/h5,9,15,18H,4,6-8,10-14H2,1-3H3/b9-5+. The third-order valence-corrected chi connectivity index (χ3v) is 3.10. The number of rotatable bonds is 12. The van der Waals surface area contributed by atoms with Crippen LogP contribution in [-0.4, -0.2) is 48.3 Å². The van der Waals surface area contributed by atoms with Gasteiger partial charge in [-0.05, 0) is 26.3 Å². The molecule has 0 fully saturated rings. The molecule has 0 bridgehead atoms. The molecule has 0 radical (unpaired) electrons. The van der Waals surface area contributed by atoms with Gasteiger partial charge in [0, 0.05) is 19.2 Å². The van der Waals surface area contributed by atoms with Crippen molar-refractivity contribution in [3.8, 4) is 0 Å². The summed E-state index contributed by atoms with van der Waals surface area (Å²) in [6.45, 7) is 8.71. The molecule has 0 spiro atoms. The Kier molecular flexibility index (Phi) is 12.6. The van der Waals surface area contributed by atoms with Crippen LogP contribution in [0.1, 0.15) is 52.9 Å². The van der Waals surface area contributed by atoms with E-state index in [9.17, 15) is 9.90 Å². The van der Waals surface area contributed by atoms with Crippen LogP contribution in [0, 0.1) is 0 Å². The Morgan fingerprint density at radius 2 is 2.00 bits per heavy atom. The van der Waals surface area contributed by atoms with Crippen LogP contribution in [0.2, 0.25) is 0 Å². The van der Waals surface area contributed by atoms with Crippen LogP contribution in [0.15, 0.2) is 12.2 Å². The summed E-state index contributed by atoms with van der Waals surface area (Å²) in [5.74, 6) is -0.299. The number of hydrogen-bond donors (Lipinski definition) is 1. The molecule has 0 aliphatic rings. The molecule has 0 aliphatic heterocycles. The molecule has 0 amide bonds. The zero-order chi connectivity index (χ0) is 15.2. The SMILES string of the molecule is C/C=C/C(=O)OCCN(CCC)CC(O)CCCCC. The first kappa shape index (κ1) is 19.1. The quantitative estimate of drug-likeness (QED) is 0.340. The van der Waals surface area contributed by atoms with E-state index >= 15 is 0 Å². The van der Waals surface area contributed by atoms with Crippen molar-refractivity contribution >= 4 is 5.97 Å². The summed E-state index contributed by atoms with van der Waals surface area (Å²) in [7, 11) is 0.